The van der Waals surface area contributed by atoms with Crippen LogP contribution in [-0.2, 0) is 28.8 Å². The van der Waals surface area contributed by atoms with E-state index in [1.165, 1.54) is 11.0 Å². The van der Waals surface area contributed by atoms with Crippen LogP contribution in [0.3, 0.4) is 0 Å². The van der Waals surface area contributed by atoms with Crippen molar-refractivity contribution in [1.29, 1.82) is 5.26 Å². The van der Waals surface area contributed by atoms with Crippen molar-refractivity contribution < 1.29 is 51.4 Å². The molecule has 11 rings (SSSR count). The van der Waals surface area contributed by atoms with Crippen molar-refractivity contribution in [3.8, 4) is 28.8 Å². The number of imide groups is 1. The van der Waals surface area contributed by atoms with Crippen LogP contribution < -0.4 is 30.3 Å². The molecule has 1 aliphatic carbocycles. The van der Waals surface area contributed by atoms with Crippen LogP contribution in [0.25, 0.3) is 22.2 Å². The molecule has 5 fully saturated rings. The smallest absolute Gasteiger partial charge is 0.428 e. The lowest BCUT2D eigenvalue weighted by atomic mass is 9.81. The standard InChI is InChI=1S/C62H68F3N9O8/c63-62(64,65)61(82-54-7-2-1-5-47(54)53-35-48-43(37-66)4-3-6-51(48)68-53)22-27-73(28-23-61)60(80)50-36-56(76)69-52-18-16-45(34-49(50)52)81-33-24-67-57(77)41-8-10-42(11-9-41)59(79)74-31-29-71(30-32-74)38-39-20-25-72(26-21-39)44-14-12-40(13-15-44)46-17-19-55(75)70-58(46)78/h1-7,12-16,18,34-35,39,41-42,46,50,68H,8-11,17,19-33,36,38H2,(H,67,77)(H,69,76)(H,70,75,78)/t41?,42?,46?,50-/m0/s1. The molecule has 5 aromatic rings. The third-order valence-electron chi connectivity index (χ3n) is 17.9. The highest BCUT2D eigenvalue weighted by Crippen LogP contribution is 2.46. The van der Waals surface area contributed by atoms with E-state index >= 15 is 13.2 Å². The van der Waals surface area contributed by atoms with Crippen LogP contribution in [0, 0.1) is 29.1 Å². The molecule has 430 valence electrons. The summed E-state index contributed by atoms with van der Waals surface area (Å²) in [6.45, 7) is 5.83. The molecule has 0 radical (unpaired) electrons. The fourth-order valence-corrected chi connectivity index (χ4v) is 13.1. The number of hydrogen-bond donors (Lipinski definition) is 4. The molecule has 6 heterocycles. The first-order valence-corrected chi connectivity index (χ1v) is 28.8. The Bertz CT molecular complexity index is 3250. The third-order valence-corrected chi connectivity index (χ3v) is 17.9. The second-order valence-corrected chi connectivity index (χ2v) is 22.9. The van der Waals surface area contributed by atoms with Crippen LogP contribution in [0.5, 0.6) is 11.5 Å². The summed E-state index contributed by atoms with van der Waals surface area (Å²) in [7, 11) is 0. The average Bonchev–Trinajstić information content (AvgIpc) is 4.02. The SMILES string of the molecule is N#Cc1cccc2[nH]c(-c3ccccc3OC3(C(F)(F)F)CCN(C(=O)[C@H]4CC(=O)Nc5ccc(OCCNC(=O)C6CCC(C(=O)N7CCN(CC8CCN(c9ccc(C%10CCC(=O)NC%10=O)cc9)CC8)CC7)CC6)cc54)CC3)cc12. The van der Waals surface area contributed by atoms with Crippen molar-refractivity contribution in [2.45, 2.75) is 94.2 Å². The number of halogens is 3. The van der Waals surface area contributed by atoms with E-state index < -0.39 is 42.4 Å². The Kier molecular flexibility index (Phi) is 16.3. The maximum atomic E-state index is 15.2. The first-order valence-electron chi connectivity index (χ1n) is 28.8. The Morgan fingerprint density at radius 2 is 1.46 bits per heavy atom. The van der Waals surface area contributed by atoms with Crippen molar-refractivity contribution in [3.63, 3.8) is 0 Å². The summed E-state index contributed by atoms with van der Waals surface area (Å²) in [5, 5.41) is 18.5. The second kappa shape index (κ2) is 23.9. The number of piperazine rings is 1. The molecule has 82 heavy (non-hydrogen) atoms. The molecule has 6 amide bonds. The number of fused-ring (bicyclic) bond motifs is 2. The minimum atomic E-state index is -4.80. The van der Waals surface area contributed by atoms with Crippen LogP contribution in [0.2, 0.25) is 0 Å². The van der Waals surface area contributed by atoms with Crippen molar-refractivity contribution in [2.75, 3.05) is 82.3 Å². The first kappa shape index (κ1) is 56.0. The number of nitrogens with zero attached hydrogens (tertiary/aromatic N) is 5. The van der Waals surface area contributed by atoms with Gasteiger partial charge in [0, 0.05) is 124 Å². The topological polar surface area (TPSA) is 210 Å². The van der Waals surface area contributed by atoms with Gasteiger partial charge in [-0.15, -0.1) is 0 Å². The molecule has 1 aromatic heterocycles. The maximum absolute atomic E-state index is 15.2. The van der Waals surface area contributed by atoms with E-state index in [1.807, 2.05) is 17.0 Å². The van der Waals surface area contributed by atoms with Gasteiger partial charge in [0.25, 0.3) is 0 Å². The van der Waals surface area contributed by atoms with Crippen molar-refractivity contribution in [1.82, 2.24) is 30.3 Å². The Morgan fingerprint density at radius 3 is 2.18 bits per heavy atom. The quantitative estimate of drug-likeness (QED) is 0.0618. The Balaban J connectivity index is 0.604. The average molecular weight is 1120 g/mol. The van der Waals surface area contributed by atoms with E-state index in [4.69, 9.17) is 9.47 Å². The van der Waals surface area contributed by atoms with Gasteiger partial charge in [-0.25, -0.2) is 0 Å². The molecule has 5 aliphatic heterocycles. The van der Waals surface area contributed by atoms with Crippen LogP contribution >= 0.6 is 0 Å². The summed E-state index contributed by atoms with van der Waals surface area (Å²) in [5.74, 6) is -1.79. The van der Waals surface area contributed by atoms with Gasteiger partial charge in [-0.3, -0.25) is 39.0 Å². The van der Waals surface area contributed by atoms with Gasteiger partial charge in [-0.1, -0.05) is 30.3 Å². The van der Waals surface area contributed by atoms with E-state index in [0.29, 0.717) is 102 Å². The van der Waals surface area contributed by atoms with Crippen molar-refractivity contribution >= 4 is 57.7 Å². The third kappa shape index (κ3) is 12.0. The van der Waals surface area contributed by atoms with Gasteiger partial charge in [0.15, 0.2) is 0 Å². The number of para-hydroxylation sites is 1. The highest BCUT2D eigenvalue weighted by Gasteiger charge is 2.59. The lowest BCUT2D eigenvalue weighted by Gasteiger charge is -2.43. The number of carbonyl (C=O) groups excluding carboxylic acids is 6. The lowest BCUT2D eigenvalue weighted by molar-refractivity contribution is -0.260. The summed E-state index contributed by atoms with van der Waals surface area (Å²) in [4.78, 5) is 89.5. The fourth-order valence-electron chi connectivity index (χ4n) is 13.1. The molecule has 17 nitrogen and oxygen atoms in total. The summed E-state index contributed by atoms with van der Waals surface area (Å²) in [6, 6.07) is 28.6. The highest BCUT2D eigenvalue weighted by atomic mass is 19.4. The Hall–Kier alpha value is -7.92. The molecule has 0 spiro atoms. The number of likely N-dealkylation sites (tertiary alicyclic amines) is 1. The number of rotatable bonds is 14. The second-order valence-electron chi connectivity index (χ2n) is 22.9. The summed E-state index contributed by atoms with van der Waals surface area (Å²) >= 11 is 0. The van der Waals surface area contributed by atoms with Gasteiger partial charge in [-0.05, 0) is 123 Å². The van der Waals surface area contributed by atoms with E-state index in [9.17, 15) is 34.0 Å². The maximum Gasteiger partial charge on any atom is 0.428 e. The van der Waals surface area contributed by atoms with Crippen LogP contribution in [0.15, 0.2) is 91.0 Å². The van der Waals surface area contributed by atoms with E-state index in [2.05, 4.69) is 48.9 Å². The molecule has 0 bridgehead atoms. The van der Waals surface area contributed by atoms with Crippen LogP contribution in [0.1, 0.15) is 99.2 Å². The molecule has 1 saturated carbocycles. The number of H-pyrrole nitrogens is 1. The molecule has 4 N–H and O–H groups in total. The van der Waals surface area contributed by atoms with Gasteiger partial charge in [0.1, 0.15) is 18.1 Å². The number of anilines is 2. The molecular formula is C62H68F3N9O8. The minimum Gasteiger partial charge on any atom is -0.492 e. The minimum absolute atomic E-state index is 0.00366. The van der Waals surface area contributed by atoms with E-state index in [-0.39, 0.29) is 79.8 Å². The number of aromatic nitrogens is 1. The molecule has 1 unspecified atom stereocenters. The highest BCUT2D eigenvalue weighted by molar-refractivity contribution is 6.02. The molecule has 6 aliphatic rings. The number of nitriles is 1. The zero-order valence-corrected chi connectivity index (χ0v) is 45.7. The lowest BCUT2D eigenvalue weighted by Crippen LogP contribution is -2.58. The number of benzene rings is 4. The summed E-state index contributed by atoms with van der Waals surface area (Å²) in [5.41, 5.74) is 2.33. The first-order chi connectivity index (χ1) is 39.6. The fraction of sp³-hybridized carbons (Fsp3) is 0.468. The largest absolute Gasteiger partial charge is 0.492 e. The molecule has 20 heteroatoms. The van der Waals surface area contributed by atoms with Crippen LogP contribution in [-0.4, -0.2) is 139 Å². The number of aromatic amines is 1. The number of hydrogen-bond acceptors (Lipinski definition) is 11. The summed E-state index contributed by atoms with van der Waals surface area (Å²) < 4.78 is 57.5. The molecule has 4 aromatic carbocycles. The van der Waals surface area contributed by atoms with E-state index in [0.717, 1.165) is 56.8 Å². The molecule has 4 saturated heterocycles. The number of alkyl halides is 3. The zero-order chi connectivity index (χ0) is 57.1. The molecular weight excluding hydrogens is 1060 g/mol. The molecule has 2 atom stereocenters. The Labute approximate surface area is 473 Å². The predicted octanol–water partition coefficient (Wildman–Crippen LogP) is 8.02. The predicted molar refractivity (Wildman–Crippen MR) is 300 cm³/mol. The number of nitrogens with one attached hydrogen (secondary N) is 4. The number of carbonyl (C=O) groups is 6. The van der Waals surface area contributed by atoms with E-state index in [1.54, 1.807) is 60.7 Å². The number of piperidine rings is 3. The monoisotopic (exact) mass is 1120 g/mol. The Morgan fingerprint density at radius 1 is 0.744 bits per heavy atom. The van der Waals surface area contributed by atoms with Gasteiger partial charge < -0.3 is 39.8 Å². The normalized spacial score (nSPS) is 22.6. The van der Waals surface area contributed by atoms with Crippen molar-refractivity contribution in [3.05, 3.63) is 108 Å². The van der Waals surface area contributed by atoms with Gasteiger partial charge in [-0.2, -0.15) is 18.4 Å². The van der Waals surface area contributed by atoms with Gasteiger partial charge in [0.05, 0.1) is 35.7 Å². The van der Waals surface area contributed by atoms with Gasteiger partial charge in [0.2, 0.25) is 41.0 Å². The zero-order valence-electron chi connectivity index (χ0n) is 45.7. The van der Waals surface area contributed by atoms with Gasteiger partial charge >= 0.3 is 6.18 Å². The summed E-state index contributed by atoms with van der Waals surface area (Å²) in [6.07, 6.45) is -0.470. The van der Waals surface area contributed by atoms with Crippen molar-refractivity contribution in [2.24, 2.45) is 17.8 Å². The number of amides is 6. The van der Waals surface area contributed by atoms with Crippen LogP contribution in [0.4, 0.5) is 24.5 Å². The number of ether oxygens (including phenoxy) is 2.